The van der Waals surface area contributed by atoms with E-state index in [1.165, 1.54) is 12.3 Å². The Morgan fingerprint density at radius 2 is 2.09 bits per heavy atom. The summed E-state index contributed by atoms with van der Waals surface area (Å²) < 4.78 is 5.11. The van der Waals surface area contributed by atoms with Crippen molar-refractivity contribution in [1.82, 2.24) is 15.6 Å². The molecule has 23 heavy (non-hydrogen) atoms. The van der Waals surface area contributed by atoms with Crippen LogP contribution in [0.4, 0.5) is 0 Å². The lowest BCUT2D eigenvalue weighted by molar-refractivity contribution is -0.139. The lowest BCUT2D eigenvalue weighted by Crippen LogP contribution is -2.20. The van der Waals surface area contributed by atoms with E-state index in [0.717, 1.165) is 0 Å². The lowest BCUT2D eigenvalue weighted by Gasteiger charge is -2.06. The van der Waals surface area contributed by atoms with Gasteiger partial charge in [-0.2, -0.15) is 5.10 Å². The number of carboxylic acids is 1. The summed E-state index contributed by atoms with van der Waals surface area (Å²) in [5.74, 6) is -1.17. The number of aliphatic carboxylic acids is 1. The second kappa shape index (κ2) is 7.59. The van der Waals surface area contributed by atoms with Gasteiger partial charge in [-0.25, -0.2) is 10.2 Å². The zero-order valence-corrected chi connectivity index (χ0v) is 11.9. The zero-order chi connectivity index (χ0) is 16.7. The van der Waals surface area contributed by atoms with Crippen molar-refractivity contribution in [2.24, 2.45) is 5.10 Å². The Bertz CT molecular complexity index is 777. The van der Waals surface area contributed by atoms with Gasteiger partial charge in [0.1, 0.15) is 5.75 Å². The monoisotopic (exact) mass is 318 g/mol. The molecule has 4 N–H and O–H groups in total. The number of hydrazone groups is 1. The SMILES string of the molecule is O=C(O)COc1ccccc1C=NNC(=O)Cc1cc(=O)[nH][nH]1. The molecule has 1 aromatic heterocycles. The summed E-state index contributed by atoms with van der Waals surface area (Å²) in [7, 11) is 0. The van der Waals surface area contributed by atoms with Crippen molar-refractivity contribution >= 4 is 18.1 Å². The van der Waals surface area contributed by atoms with Crippen molar-refractivity contribution in [1.29, 1.82) is 0 Å². The summed E-state index contributed by atoms with van der Waals surface area (Å²) >= 11 is 0. The van der Waals surface area contributed by atoms with Gasteiger partial charge in [-0.1, -0.05) is 12.1 Å². The van der Waals surface area contributed by atoms with Crippen molar-refractivity contribution in [3.63, 3.8) is 0 Å². The number of nitrogens with one attached hydrogen (secondary N) is 3. The standard InChI is InChI=1S/C14H14N4O5/c19-12(5-10-6-13(20)18-16-10)17-15-7-9-3-1-2-4-11(9)23-8-14(21)22/h1-4,6-7H,5,8H2,(H,17,19)(H,21,22)(H2,16,18,20). The van der Waals surface area contributed by atoms with Crippen LogP contribution in [0.15, 0.2) is 40.2 Å². The second-order valence-corrected chi connectivity index (χ2v) is 4.47. The number of carboxylic acid groups (broad SMARTS) is 1. The van der Waals surface area contributed by atoms with E-state index in [2.05, 4.69) is 20.7 Å². The molecule has 0 saturated heterocycles. The van der Waals surface area contributed by atoms with Crippen molar-refractivity contribution < 1.29 is 19.4 Å². The Morgan fingerprint density at radius 1 is 1.30 bits per heavy atom. The van der Waals surface area contributed by atoms with Crippen LogP contribution < -0.4 is 15.7 Å². The number of nitrogens with zero attached hydrogens (tertiary/aromatic N) is 1. The van der Waals surface area contributed by atoms with Crippen LogP contribution in [0.1, 0.15) is 11.3 Å². The molecule has 0 saturated carbocycles. The highest BCUT2D eigenvalue weighted by atomic mass is 16.5. The van der Waals surface area contributed by atoms with E-state index in [1.54, 1.807) is 24.3 Å². The first-order chi connectivity index (χ1) is 11.0. The maximum atomic E-state index is 11.6. The molecule has 0 atom stereocenters. The third kappa shape index (κ3) is 5.16. The van der Waals surface area contributed by atoms with Gasteiger partial charge in [-0.3, -0.25) is 14.7 Å². The normalized spacial score (nSPS) is 10.6. The number of carbonyl (C=O) groups is 2. The first-order valence-corrected chi connectivity index (χ1v) is 6.56. The number of H-pyrrole nitrogens is 2. The van der Waals surface area contributed by atoms with E-state index < -0.39 is 18.5 Å². The highest BCUT2D eigenvalue weighted by molar-refractivity contribution is 5.85. The van der Waals surface area contributed by atoms with E-state index in [4.69, 9.17) is 9.84 Å². The fraction of sp³-hybridized carbons (Fsp3) is 0.143. The quantitative estimate of drug-likeness (QED) is 0.416. The summed E-state index contributed by atoms with van der Waals surface area (Å²) in [6, 6.07) is 7.95. The van der Waals surface area contributed by atoms with Gasteiger partial charge in [0.25, 0.3) is 5.56 Å². The zero-order valence-electron chi connectivity index (χ0n) is 11.9. The number of benzene rings is 1. The van der Waals surface area contributed by atoms with Gasteiger partial charge in [0.05, 0.1) is 12.6 Å². The summed E-state index contributed by atoms with van der Waals surface area (Å²) in [6.45, 7) is -0.474. The average Bonchev–Trinajstić information content (AvgIpc) is 2.91. The first-order valence-electron chi connectivity index (χ1n) is 6.56. The van der Waals surface area contributed by atoms with Gasteiger partial charge < -0.3 is 14.9 Å². The van der Waals surface area contributed by atoms with Crippen molar-refractivity contribution in [3.8, 4) is 5.75 Å². The van der Waals surface area contributed by atoms with Crippen LogP contribution in [0.25, 0.3) is 0 Å². The molecule has 120 valence electrons. The number of hydrogen-bond donors (Lipinski definition) is 4. The van der Waals surface area contributed by atoms with Gasteiger partial charge in [0, 0.05) is 17.3 Å². The number of carbonyl (C=O) groups excluding carboxylic acids is 1. The second-order valence-electron chi connectivity index (χ2n) is 4.47. The molecule has 0 unspecified atom stereocenters. The Kier molecular flexibility index (Phi) is 5.29. The van der Waals surface area contributed by atoms with Crippen molar-refractivity contribution in [2.75, 3.05) is 6.61 Å². The van der Waals surface area contributed by atoms with Gasteiger partial charge in [-0.15, -0.1) is 0 Å². The average molecular weight is 318 g/mol. The molecule has 0 aliphatic carbocycles. The summed E-state index contributed by atoms with van der Waals surface area (Å²) in [5, 5.41) is 17.3. The van der Waals surface area contributed by atoms with Crippen molar-refractivity contribution in [2.45, 2.75) is 6.42 Å². The Balaban J connectivity index is 1.93. The molecule has 0 radical (unpaired) electrons. The van der Waals surface area contributed by atoms with Crippen LogP contribution in [0.2, 0.25) is 0 Å². The molecular weight excluding hydrogens is 304 g/mol. The Hall–Kier alpha value is -3.36. The highest BCUT2D eigenvalue weighted by Crippen LogP contribution is 2.15. The maximum Gasteiger partial charge on any atom is 0.341 e. The van der Waals surface area contributed by atoms with Crippen LogP contribution in [0, 0.1) is 0 Å². The number of para-hydroxylation sites is 1. The molecule has 1 heterocycles. The molecule has 1 amide bonds. The number of amides is 1. The van der Waals surface area contributed by atoms with E-state index in [0.29, 0.717) is 17.0 Å². The van der Waals surface area contributed by atoms with Crippen LogP contribution in [0.5, 0.6) is 5.75 Å². The smallest absolute Gasteiger partial charge is 0.341 e. The number of rotatable bonds is 7. The molecule has 0 bridgehead atoms. The third-order valence-electron chi connectivity index (χ3n) is 2.67. The van der Waals surface area contributed by atoms with Crippen LogP contribution >= 0.6 is 0 Å². The van der Waals surface area contributed by atoms with Gasteiger partial charge in [0.15, 0.2) is 6.61 Å². The van der Waals surface area contributed by atoms with Gasteiger partial charge in [-0.05, 0) is 12.1 Å². The highest BCUT2D eigenvalue weighted by Gasteiger charge is 2.05. The predicted octanol–water partition coefficient (Wildman–Crippen LogP) is -0.141. The topological polar surface area (TPSA) is 137 Å². The number of ether oxygens (including phenoxy) is 1. The number of hydrogen-bond acceptors (Lipinski definition) is 5. The number of aromatic amines is 2. The molecule has 0 aliphatic heterocycles. The first kappa shape index (κ1) is 16.0. The fourth-order valence-corrected chi connectivity index (χ4v) is 1.71. The molecule has 2 rings (SSSR count). The largest absolute Gasteiger partial charge is 0.481 e. The summed E-state index contributed by atoms with van der Waals surface area (Å²) in [4.78, 5) is 33.1. The molecule has 9 heteroatoms. The molecule has 1 aromatic carbocycles. The van der Waals surface area contributed by atoms with Crippen molar-refractivity contribution in [3.05, 3.63) is 51.9 Å². The maximum absolute atomic E-state index is 11.6. The Labute approximate surface area is 130 Å². The minimum Gasteiger partial charge on any atom is -0.481 e. The fourth-order valence-electron chi connectivity index (χ4n) is 1.71. The number of aromatic nitrogens is 2. The summed E-state index contributed by atoms with van der Waals surface area (Å²) in [6.07, 6.45) is 1.31. The molecule has 0 spiro atoms. The Morgan fingerprint density at radius 3 is 2.78 bits per heavy atom. The molecule has 0 aliphatic rings. The van der Waals surface area contributed by atoms with E-state index in [9.17, 15) is 14.4 Å². The van der Waals surface area contributed by atoms with Crippen LogP contribution in [0.3, 0.4) is 0 Å². The minimum absolute atomic E-state index is 0.0345. The van der Waals surface area contributed by atoms with E-state index in [-0.39, 0.29) is 12.0 Å². The molecular formula is C14H14N4O5. The van der Waals surface area contributed by atoms with E-state index >= 15 is 0 Å². The third-order valence-corrected chi connectivity index (χ3v) is 2.67. The molecule has 0 fully saturated rings. The van der Waals surface area contributed by atoms with Gasteiger partial charge >= 0.3 is 5.97 Å². The minimum atomic E-state index is -1.09. The summed E-state index contributed by atoms with van der Waals surface area (Å²) in [5.41, 5.74) is 2.94. The lowest BCUT2D eigenvalue weighted by atomic mass is 10.2. The van der Waals surface area contributed by atoms with E-state index in [1.807, 2.05) is 0 Å². The van der Waals surface area contributed by atoms with Crippen LogP contribution in [-0.4, -0.2) is 40.0 Å². The molecule has 2 aromatic rings. The molecule has 9 nitrogen and oxygen atoms in total. The van der Waals surface area contributed by atoms with Crippen LogP contribution in [-0.2, 0) is 16.0 Å². The predicted molar refractivity (Wildman–Crippen MR) is 80.4 cm³/mol. The van der Waals surface area contributed by atoms with Gasteiger partial charge in [0.2, 0.25) is 5.91 Å².